The van der Waals surface area contributed by atoms with Crippen molar-refractivity contribution in [1.82, 2.24) is 0 Å². The molecule has 0 aromatic rings. The average Bonchev–Trinajstić information content (AvgIpc) is 2.86. The molecule has 2 saturated heterocycles. The molecule has 37 heavy (non-hydrogen) atoms. The van der Waals surface area contributed by atoms with E-state index < -0.39 is 7.60 Å². The Labute approximate surface area is 220 Å². The maximum absolute atomic E-state index is 11.1. The fraction of sp³-hybridized carbons (Fsp3) is 0.654. The van der Waals surface area contributed by atoms with E-state index in [1.807, 2.05) is 6.08 Å². The molecule has 0 saturated carbocycles. The molecular weight excluding hydrogens is 503 g/mol. The minimum atomic E-state index is -3.09. The molecule has 0 aromatic carbocycles. The van der Waals surface area contributed by atoms with Crippen LogP contribution in [0.3, 0.4) is 0 Å². The van der Waals surface area contributed by atoms with E-state index in [0.717, 1.165) is 39.1 Å². The fourth-order valence-electron chi connectivity index (χ4n) is 3.10. The van der Waals surface area contributed by atoms with Gasteiger partial charge in [-0.3, -0.25) is 18.9 Å². The molecule has 2 fully saturated rings. The smallest absolute Gasteiger partial charge is 0.337 e. The van der Waals surface area contributed by atoms with Crippen molar-refractivity contribution in [2.24, 2.45) is 0 Å². The standard InChI is InChI=1S/2C8H12O2.C5H11O4P.C5H7O2/c2*1-7(9)6-8-2-4-10-5-3-8;1-5(6)4-10(7,8-2)9-3;6-5-1-3-7-4-2-5/h6H,2-5H2,1H3;2H,3-6H2,1H3;4H2,1-3H3;1H,2-4H2/q;;;+1. The first-order chi connectivity index (χ1) is 17.5. The van der Waals surface area contributed by atoms with Crippen LogP contribution in [0, 0.1) is 6.42 Å². The van der Waals surface area contributed by atoms with Crippen molar-refractivity contribution in [1.29, 1.82) is 0 Å². The van der Waals surface area contributed by atoms with E-state index in [1.165, 1.54) is 32.3 Å². The second-order valence-electron chi connectivity index (χ2n) is 8.42. The Morgan fingerprint density at radius 2 is 1.51 bits per heavy atom. The number of rotatable bonds is 7. The Morgan fingerprint density at radius 3 is 1.86 bits per heavy atom. The quantitative estimate of drug-likeness (QED) is 0.201. The Morgan fingerprint density at radius 1 is 0.919 bits per heavy atom. The molecule has 0 spiro atoms. The maximum Gasteiger partial charge on any atom is 0.337 e. The van der Waals surface area contributed by atoms with Crippen LogP contribution in [0.15, 0.2) is 23.3 Å². The third-order valence-electron chi connectivity index (χ3n) is 4.97. The summed E-state index contributed by atoms with van der Waals surface area (Å²) in [5.41, 5.74) is 2.47. The molecule has 10 nitrogen and oxygen atoms in total. The lowest BCUT2D eigenvalue weighted by molar-refractivity contribution is -0.120. The Balaban J connectivity index is 0.000000471. The van der Waals surface area contributed by atoms with E-state index in [4.69, 9.17) is 14.2 Å². The van der Waals surface area contributed by atoms with Crippen LogP contribution in [0.5, 0.6) is 0 Å². The summed E-state index contributed by atoms with van der Waals surface area (Å²) in [4.78, 5) is 42.0. The average molecular weight is 546 g/mol. The van der Waals surface area contributed by atoms with Crippen molar-refractivity contribution in [3.63, 3.8) is 0 Å². The van der Waals surface area contributed by atoms with Crippen LogP contribution in [0.4, 0.5) is 0 Å². The van der Waals surface area contributed by atoms with Gasteiger partial charge in [-0.05, 0) is 46.1 Å². The van der Waals surface area contributed by atoms with Crippen LogP contribution in [0.1, 0.15) is 52.9 Å². The summed E-state index contributed by atoms with van der Waals surface area (Å²) in [6.45, 7) is 8.68. The van der Waals surface area contributed by atoms with Gasteiger partial charge in [0.2, 0.25) is 0 Å². The lowest BCUT2D eigenvalue weighted by Gasteiger charge is -2.13. The number of carbonyl (C=O) groups excluding carboxylic acids is 4. The zero-order valence-corrected chi connectivity index (χ0v) is 23.6. The van der Waals surface area contributed by atoms with Gasteiger partial charge < -0.3 is 23.3 Å². The molecule has 0 N–H and O–H groups in total. The van der Waals surface area contributed by atoms with E-state index in [-0.39, 0.29) is 29.3 Å². The molecule has 0 unspecified atom stereocenters. The monoisotopic (exact) mass is 545 g/mol. The number of ketones is 4. The topological polar surface area (TPSA) is 132 Å². The molecule has 3 heterocycles. The van der Waals surface area contributed by atoms with E-state index in [1.54, 1.807) is 26.3 Å². The lowest BCUT2D eigenvalue weighted by atomic mass is 10.1. The van der Waals surface area contributed by atoms with Crippen molar-refractivity contribution >= 4 is 30.7 Å². The predicted molar refractivity (Wildman–Crippen MR) is 140 cm³/mol. The van der Waals surface area contributed by atoms with E-state index in [2.05, 4.69) is 9.05 Å². The van der Waals surface area contributed by atoms with Crippen LogP contribution in [0.25, 0.3) is 0 Å². The number of allylic oxidation sites excluding steroid dienone is 1. The molecule has 0 amide bonds. The molecule has 0 bridgehead atoms. The maximum atomic E-state index is 11.1. The van der Waals surface area contributed by atoms with Gasteiger partial charge in [0, 0.05) is 20.6 Å². The summed E-state index contributed by atoms with van der Waals surface area (Å²) in [5, 5.41) is 0. The normalized spacial score (nSPS) is 17.2. The van der Waals surface area contributed by atoms with Gasteiger partial charge in [0.1, 0.15) is 17.7 Å². The molecule has 3 aliphatic heterocycles. The summed E-state index contributed by atoms with van der Waals surface area (Å²) in [5.74, 6) is 0.406. The zero-order chi connectivity index (χ0) is 28.1. The Hall–Kier alpha value is -1.94. The van der Waals surface area contributed by atoms with Crippen LogP contribution >= 0.6 is 7.60 Å². The van der Waals surface area contributed by atoms with Crippen molar-refractivity contribution in [2.45, 2.75) is 52.9 Å². The number of hydrogen-bond donors (Lipinski definition) is 0. The van der Waals surface area contributed by atoms with Gasteiger partial charge in [-0.1, -0.05) is 17.2 Å². The number of hydrogen-bond acceptors (Lipinski definition) is 10. The van der Waals surface area contributed by atoms with Crippen molar-refractivity contribution in [3.05, 3.63) is 29.7 Å². The highest BCUT2D eigenvalue weighted by atomic mass is 31.2. The molecule has 0 radical (unpaired) electrons. The SMILES string of the molecule is CC(=O)C=C1CCOCC1.CC(=O)CC1=CCOCC1.COP(=O)(CC(C)=O)OC.O=C1[CH+]COCC1. The van der Waals surface area contributed by atoms with Gasteiger partial charge in [-0.2, -0.15) is 0 Å². The Bertz CT molecular complexity index is 807. The van der Waals surface area contributed by atoms with Gasteiger partial charge in [0.25, 0.3) is 0 Å². The largest absolute Gasteiger partial charge is 0.381 e. The third-order valence-corrected chi connectivity index (χ3v) is 6.92. The summed E-state index contributed by atoms with van der Waals surface area (Å²) >= 11 is 0. The van der Waals surface area contributed by atoms with Gasteiger partial charge in [-0.15, -0.1) is 0 Å². The number of carbonyl (C=O) groups is 4. The zero-order valence-electron chi connectivity index (χ0n) is 22.7. The van der Waals surface area contributed by atoms with E-state index in [0.29, 0.717) is 32.7 Å². The molecule has 0 atom stereocenters. The van der Waals surface area contributed by atoms with Crippen LogP contribution in [-0.2, 0) is 47.0 Å². The summed E-state index contributed by atoms with van der Waals surface area (Å²) in [6.07, 6.45) is 9.12. The second kappa shape index (κ2) is 21.0. The molecule has 0 aromatic heterocycles. The summed E-state index contributed by atoms with van der Waals surface area (Å²) < 4.78 is 35.2. The van der Waals surface area contributed by atoms with Gasteiger partial charge in [0.05, 0.1) is 39.5 Å². The third kappa shape index (κ3) is 20.8. The predicted octanol–water partition coefficient (Wildman–Crippen LogP) is 3.87. The minimum absolute atomic E-state index is 0.150. The first-order valence-electron chi connectivity index (χ1n) is 12.2. The molecule has 0 aliphatic carbocycles. The summed E-state index contributed by atoms with van der Waals surface area (Å²) in [7, 11) is -0.572. The number of ether oxygens (including phenoxy) is 3. The lowest BCUT2D eigenvalue weighted by Crippen LogP contribution is -2.14. The molecule has 3 aliphatic rings. The van der Waals surface area contributed by atoms with E-state index >= 15 is 0 Å². The first-order valence-corrected chi connectivity index (χ1v) is 13.9. The van der Waals surface area contributed by atoms with Gasteiger partial charge in [0.15, 0.2) is 18.8 Å². The van der Waals surface area contributed by atoms with Crippen molar-refractivity contribution in [2.75, 3.05) is 60.0 Å². The molecule has 11 heteroatoms. The van der Waals surface area contributed by atoms with Crippen molar-refractivity contribution in [3.8, 4) is 0 Å². The minimum Gasteiger partial charge on any atom is -0.381 e. The van der Waals surface area contributed by atoms with Gasteiger partial charge in [-0.25, -0.2) is 4.79 Å². The highest BCUT2D eigenvalue weighted by Gasteiger charge is 2.22. The van der Waals surface area contributed by atoms with Crippen molar-refractivity contribution < 1.29 is 47.0 Å². The second-order valence-corrected chi connectivity index (χ2v) is 10.7. The van der Waals surface area contributed by atoms with Gasteiger partial charge >= 0.3 is 13.4 Å². The molecule has 3 rings (SSSR count). The highest BCUT2D eigenvalue weighted by Crippen LogP contribution is 2.45. The Kier molecular flexibility index (Phi) is 19.9. The van der Waals surface area contributed by atoms with Crippen LogP contribution < -0.4 is 0 Å². The molecular formula is C26H42O10P+. The van der Waals surface area contributed by atoms with Crippen LogP contribution in [0.2, 0.25) is 0 Å². The fourth-order valence-corrected chi connectivity index (χ4v) is 4.05. The number of Topliss-reactive ketones (excluding diaryl/α,β-unsaturated/α-hetero) is 3. The summed E-state index contributed by atoms with van der Waals surface area (Å²) in [6, 6.07) is 0. The highest BCUT2D eigenvalue weighted by molar-refractivity contribution is 7.54. The van der Waals surface area contributed by atoms with Crippen LogP contribution in [-0.4, -0.2) is 83.2 Å². The molecule has 210 valence electrons. The first kappa shape index (κ1) is 35.1. The van der Waals surface area contributed by atoms with E-state index in [9.17, 15) is 23.7 Å².